The van der Waals surface area contributed by atoms with Gasteiger partial charge in [0.25, 0.3) is 5.91 Å². The summed E-state index contributed by atoms with van der Waals surface area (Å²) in [4.78, 5) is 46.1. The molecule has 0 aromatic carbocycles. The van der Waals surface area contributed by atoms with Gasteiger partial charge >= 0.3 is 5.97 Å². The van der Waals surface area contributed by atoms with Gasteiger partial charge in [-0.15, -0.1) is 0 Å². The van der Waals surface area contributed by atoms with Crippen molar-refractivity contribution in [3.63, 3.8) is 0 Å². The molecule has 32 heavy (non-hydrogen) atoms. The normalized spacial score (nSPS) is 33.2. The minimum Gasteiger partial charge on any atom is -0.455 e. The fourth-order valence-corrected chi connectivity index (χ4v) is 7.12. The van der Waals surface area contributed by atoms with Crippen molar-refractivity contribution in [3.8, 4) is 0 Å². The minimum atomic E-state index is -0.551. The number of hydrogen-bond acceptors (Lipinski definition) is 6. The number of esters is 1. The molecule has 8 heteroatoms. The monoisotopic (exact) mass is 440 g/mol. The van der Waals surface area contributed by atoms with Crippen molar-refractivity contribution in [1.82, 2.24) is 15.2 Å². The van der Waals surface area contributed by atoms with E-state index in [1.54, 1.807) is 18.0 Å². The Morgan fingerprint density at radius 3 is 2.44 bits per heavy atom. The Morgan fingerprint density at radius 2 is 1.81 bits per heavy atom. The molecule has 4 aliphatic carbocycles. The standard InChI is InChI=1S/C24H32N4O4/c1-17(29)26-24-13-18-10-19(14-24)12-23(11-18,16-24)22(31)32-15-21(30)28-8-6-27(7-9-28)20-4-2-3-5-25-20/h2-5,18-19H,6-16H2,1H3,(H,26,29). The van der Waals surface area contributed by atoms with Crippen molar-refractivity contribution < 1.29 is 19.1 Å². The number of pyridine rings is 1. The first-order chi connectivity index (χ1) is 15.4. The fourth-order valence-electron chi connectivity index (χ4n) is 7.12. The number of hydrogen-bond donors (Lipinski definition) is 1. The zero-order valence-corrected chi connectivity index (χ0v) is 18.7. The van der Waals surface area contributed by atoms with Gasteiger partial charge in [0.05, 0.1) is 5.41 Å². The van der Waals surface area contributed by atoms with Crippen molar-refractivity contribution >= 4 is 23.6 Å². The van der Waals surface area contributed by atoms with Gasteiger partial charge in [0.2, 0.25) is 5.91 Å². The summed E-state index contributed by atoms with van der Waals surface area (Å²) >= 11 is 0. The number of aromatic nitrogens is 1. The summed E-state index contributed by atoms with van der Waals surface area (Å²) in [5.41, 5.74) is -0.828. The highest BCUT2D eigenvalue weighted by Crippen LogP contribution is 2.62. The molecule has 1 aliphatic heterocycles. The van der Waals surface area contributed by atoms with E-state index in [-0.39, 0.29) is 29.9 Å². The third-order valence-electron chi connectivity index (χ3n) is 7.87. The zero-order chi connectivity index (χ0) is 22.3. The van der Waals surface area contributed by atoms with Crippen LogP contribution in [0.4, 0.5) is 5.82 Å². The first-order valence-corrected chi connectivity index (χ1v) is 11.8. The second-order valence-electron chi connectivity index (χ2n) is 10.3. The number of nitrogens with zero attached hydrogens (tertiary/aromatic N) is 3. The molecule has 1 aromatic rings. The molecule has 4 bridgehead atoms. The molecule has 4 saturated carbocycles. The summed E-state index contributed by atoms with van der Waals surface area (Å²) in [5.74, 6) is 1.40. The SMILES string of the molecule is CC(=O)NC12CC3CC(C1)CC(C(=O)OCC(=O)N1CCN(c4ccccn4)CC1)(C3)C2. The average molecular weight is 441 g/mol. The van der Waals surface area contributed by atoms with Crippen LogP contribution < -0.4 is 10.2 Å². The predicted molar refractivity (Wildman–Crippen MR) is 118 cm³/mol. The van der Waals surface area contributed by atoms with Gasteiger partial charge in [0, 0.05) is 44.8 Å². The predicted octanol–water partition coefficient (Wildman–Crippen LogP) is 1.75. The lowest BCUT2D eigenvalue weighted by atomic mass is 9.47. The molecule has 2 heterocycles. The molecule has 0 radical (unpaired) electrons. The molecular formula is C24H32N4O4. The number of piperazine rings is 1. The molecule has 2 atom stereocenters. The number of ether oxygens (including phenoxy) is 1. The van der Waals surface area contributed by atoms with E-state index in [0.29, 0.717) is 44.4 Å². The molecule has 5 fully saturated rings. The molecule has 0 spiro atoms. The van der Waals surface area contributed by atoms with Crippen LogP contribution >= 0.6 is 0 Å². The lowest BCUT2D eigenvalue weighted by Gasteiger charge is -2.60. The quantitative estimate of drug-likeness (QED) is 0.702. The first kappa shape index (κ1) is 21.2. The van der Waals surface area contributed by atoms with Gasteiger partial charge in [-0.1, -0.05) is 6.07 Å². The molecule has 5 aliphatic rings. The summed E-state index contributed by atoms with van der Waals surface area (Å²) in [6.07, 6.45) is 7.10. The van der Waals surface area contributed by atoms with Gasteiger partial charge in [-0.05, 0) is 62.5 Å². The highest BCUT2D eigenvalue weighted by molar-refractivity contribution is 5.84. The maximum Gasteiger partial charge on any atom is 0.312 e. The van der Waals surface area contributed by atoms with Crippen LogP contribution in [-0.4, -0.2) is 66.0 Å². The summed E-state index contributed by atoms with van der Waals surface area (Å²) in [7, 11) is 0. The van der Waals surface area contributed by atoms with Gasteiger partial charge in [-0.3, -0.25) is 14.4 Å². The summed E-state index contributed by atoms with van der Waals surface area (Å²) < 4.78 is 5.63. The lowest BCUT2D eigenvalue weighted by Crippen LogP contribution is -2.64. The molecule has 1 saturated heterocycles. The van der Waals surface area contributed by atoms with E-state index in [1.165, 1.54) is 0 Å². The Labute approximate surface area is 188 Å². The molecule has 1 N–H and O–H groups in total. The molecule has 1 aromatic heterocycles. The van der Waals surface area contributed by atoms with E-state index < -0.39 is 5.41 Å². The van der Waals surface area contributed by atoms with Crippen molar-refractivity contribution in [3.05, 3.63) is 24.4 Å². The minimum absolute atomic E-state index is 0.0320. The lowest BCUT2D eigenvalue weighted by molar-refractivity contribution is -0.178. The van der Waals surface area contributed by atoms with Gasteiger partial charge in [-0.25, -0.2) is 4.98 Å². The van der Waals surface area contributed by atoms with Crippen molar-refractivity contribution in [2.45, 2.75) is 51.0 Å². The maximum absolute atomic E-state index is 13.2. The van der Waals surface area contributed by atoms with Gasteiger partial charge in [0.15, 0.2) is 6.61 Å². The number of rotatable bonds is 5. The fraction of sp³-hybridized carbons (Fsp3) is 0.667. The van der Waals surface area contributed by atoms with E-state index in [2.05, 4.69) is 15.2 Å². The van der Waals surface area contributed by atoms with Crippen LogP contribution in [0.1, 0.15) is 45.4 Å². The highest BCUT2D eigenvalue weighted by Gasteiger charge is 2.61. The Hall–Kier alpha value is -2.64. The van der Waals surface area contributed by atoms with E-state index in [0.717, 1.165) is 37.9 Å². The number of carbonyl (C=O) groups excluding carboxylic acids is 3. The van der Waals surface area contributed by atoms with Crippen molar-refractivity contribution in [2.24, 2.45) is 17.3 Å². The summed E-state index contributed by atoms with van der Waals surface area (Å²) in [5, 5.41) is 3.17. The average Bonchev–Trinajstić information content (AvgIpc) is 2.76. The maximum atomic E-state index is 13.2. The summed E-state index contributed by atoms with van der Waals surface area (Å²) in [6.45, 7) is 3.96. The first-order valence-electron chi connectivity index (χ1n) is 11.8. The Bertz CT molecular complexity index is 883. The van der Waals surface area contributed by atoms with Crippen LogP contribution in [0.15, 0.2) is 24.4 Å². The molecule has 6 rings (SSSR count). The number of amides is 2. The topological polar surface area (TPSA) is 91.8 Å². The second-order valence-corrected chi connectivity index (χ2v) is 10.3. The molecule has 2 unspecified atom stereocenters. The largest absolute Gasteiger partial charge is 0.455 e. The smallest absolute Gasteiger partial charge is 0.312 e. The van der Waals surface area contributed by atoms with Crippen molar-refractivity contribution in [2.75, 3.05) is 37.7 Å². The van der Waals surface area contributed by atoms with Gasteiger partial charge in [-0.2, -0.15) is 0 Å². The number of anilines is 1. The van der Waals surface area contributed by atoms with Crippen LogP contribution in [0.5, 0.6) is 0 Å². The Kier molecular flexibility index (Phi) is 5.34. The zero-order valence-electron chi connectivity index (χ0n) is 18.7. The second kappa shape index (κ2) is 8.05. The third kappa shape index (κ3) is 3.95. The molecule has 2 amide bonds. The number of carbonyl (C=O) groups is 3. The van der Waals surface area contributed by atoms with E-state index in [9.17, 15) is 14.4 Å². The Balaban J connectivity index is 1.16. The van der Waals surface area contributed by atoms with Crippen LogP contribution in [0.3, 0.4) is 0 Å². The van der Waals surface area contributed by atoms with Crippen LogP contribution in [-0.2, 0) is 19.1 Å². The van der Waals surface area contributed by atoms with E-state index >= 15 is 0 Å². The van der Waals surface area contributed by atoms with E-state index in [4.69, 9.17) is 4.74 Å². The van der Waals surface area contributed by atoms with Gasteiger partial charge < -0.3 is 19.9 Å². The van der Waals surface area contributed by atoms with Crippen molar-refractivity contribution in [1.29, 1.82) is 0 Å². The van der Waals surface area contributed by atoms with Crippen LogP contribution in [0.2, 0.25) is 0 Å². The van der Waals surface area contributed by atoms with Crippen LogP contribution in [0, 0.1) is 17.3 Å². The van der Waals surface area contributed by atoms with Crippen LogP contribution in [0.25, 0.3) is 0 Å². The molecule has 172 valence electrons. The third-order valence-corrected chi connectivity index (χ3v) is 7.87. The highest BCUT2D eigenvalue weighted by atomic mass is 16.5. The Morgan fingerprint density at radius 1 is 1.09 bits per heavy atom. The number of nitrogens with one attached hydrogen (secondary N) is 1. The molecular weight excluding hydrogens is 408 g/mol. The van der Waals surface area contributed by atoms with E-state index in [1.807, 2.05) is 18.2 Å². The van der Waals surface area contributed by atoms with Gasteiger partial charge in [0.1, 0.15) is 5.82 Å². The molecule has 8 nitrogen and oxygen atoms in total. The summed E-state index contributed by atoms with van der Waals surface area (Å²) in [6, 6.07) is 5.82.